The van der Waals surface area contributed by atoms with Crippen molar-refractivity contribution in [3.05, 3.63) is 77.1 Å². The van der Waals surface area contributed by atoms with Crippen LogP contribution in [0.1, 0.15) is 5.69 Å². The number of hydrogen-bond acceptors (Lipinski definition) is 6. The maximum Gasteiger partial charge on any atom is 0.274 e. The van der Waals surface area contributed by atoms with Crippen molar-refractivity contribution in [3.8, 4) is 11.4 Å². The fourth-order valence-electron chi connectivity index (χ4n) is 2.86. The van der Waals surface area contributed by atoms with Gasteiger partial charge in [0.05, 0.1) is 18.1 Å². The molecule has 4 aromatic rings. The summed E-state index contributed by atoms with van der Waals surface area (Å²) in [5, 5.41) is 9.01. The Kier molecular flexibility index (Phi) is 4.57. The molecule has 3 aromatic heterocycles. The maximum atomic E-state index is 12.5. The first-order valence-electron chi connectivity index (χ1n) is 8.65. The molecule has 0 saturated carbocycles. The van der Waals surface area contributed by atoms with E-state index >= 15 is 0 Å². The van der Waals surface area contributed by atoms with Gasteiger partial charge in [0, 0.05) is 41.6 Å². The largest absolute Gasteiger partial charge is 0.368 e. The van der Waals surface area contributed by atoms with Crippen molar-refractivity contribution >= 4 is 16.6 Å². The van der Waals surface area contributed by atoms with Gasteiger partial charge in [0.1, 0.15) is 5.82 Å². The summed E-state index contributed by atoms with van der Waals surface area (Å²) >= 11 is 0. The fourth-order valence-corrected chi connectivity index (χ4v) is 2.86. The molecule has 0 radical (unpaired) electrons. The van der Waals surface area contributed by atoms with E-state index in [1.54, 1.807) is 18.6 Å². The summed E-state index contributed by atoms with van der Waals surface area (Å²) < 4.78 is 1.46. The lowest BCUT2D eigenvalue weighted by Crippen LogP contribution is -2.26. The molecule has 0 bridgehead atoms. The number of hydrogen-bond donors (Lipinski definition) is 1. The molecule has 0 saturated heterocycles. The number of anilines is 1. The number of nitrogens with zero attached hydrogens (tertiary/aromatic N) is 5. The van der Waals surface area contributed by atoms with E-state index in [-0.39, 0.29) is 5.56 Å². The van der Waals surface area contributed by atoms with E-state index in [1.165, 1.54) is 4.68 Å². The lowest BCUT2D eigenvalue weighted by atomic mass is 10.2. The Morgan fingerprint density at radius 2 is 1.96 bits per heavy atom. The van der Waals surface area contributed by atoms with E-state index in [1.807, 2.05) is 49.4 Å². The van der Waals surface area contributed by atoms with E-state index in [0.717, 1.165) is 16.6 Å². The van der Waals surface area contributed by atoms with E-state index in [9.17, 15) is 4.79 Å². The maximum absolute atomic E-state index is 12.5. The van der Waals surface area contributed by atoms with Gasteiger partial charge in [0.25, 0.3) is 5.56 Å². The summed E-state index contributed by atoms with van der Waals surface area (Å²) in [6.45, 7) is 2.88. The quantitative estimate of drug-likeness (QED) is 0.590. The summed E-state index contributed by atoms with van der Waals surface area (Å²) in [5.74, 6) is 1.32. The highest BCUT2D eigenvalue weighted by Gasteiger charge is 2.06. The van der Waals surface area contributed by atoms with Gasteiger partial charge in [0.2, 0.25) is 0 Å². The van der Waals surface area contributed by atoms with Crippen LogP contribution in [0.5, 0.6) is 0 Å². The average molecular weight is 358 g/mol. The number of benzene rings is 1. The predicted molar refractivity (Wildman–Crippen MR) is 104 cm³/mol. The molecule has 27 heavy (non-hydrogen) atoms. The third-order valence-corrected chi connectivity index (χ3v) is 4.17. The minimum absolute atomic E-state index is 0.0928. The van der Waals surface area contributed by atoms with Crippen molar-refractivity contribution in [2.45, 2.75) is 13.5 Å². The smallest absolute Gasteiger partial charge is 0.274 e. The van der Waals surface area contributed by atoms with Crippen molar-refractivity contribution in [1.82, 2.24) is 24.7 Å². The van der Waals surface area contributed by atoms with Crippen LogP contribution < -0.4 is 10.9 Å². The second-order valence-electron chi connectivity index (χ2n) is 6.15. The minimum atomic E-state index is -0.0928. The van der Waals surface area contributed by atoms with Gasteiger partial charge >= 0.3 is 0 Å². The second-order valence-corrected chi connectivity index (χ2v) is 6.15. The zero-order chi connectivity index (χ0) is 18.6. The summed E-state index contributed by atoms with van der Waals surface area (Å²) in [4.78, 5) is 25.6. The Balaban J connectivity index is 1.51. The molecule has 0 aliphatic heterocycles. The average Bonchev–Trinajstić information content (AvgIpc) is 2.70. The highest BCUT2D eigenvalue weighted by atomic mass is 16.1. The lowest BCUT2D eigenvalue weighted by molar-refractivity contribution is 0.604. The monoisotopic (exact) mass is 358 g/mol. The van der Waals surface area contributed by atoms with Gasteiger partial charge in [-0.15, -0.1) is 0 Å². The number of aromatic nitrogens is 5. The van der Waals surface area contributed by atoms with Crippen LogP contribution >= 0.6 is 0 Å². The first-order chi connectivity index (χ1) is 13.2. The first-order valence-corrected chi connectivity index (χ1v) is 8.65. The molecule has 7 heteroatoms. The molecule has 1 aromatic carbocycles. The molecule has 0 fully saturated rings. The minimum Gasteiger partial charge on any atom is -0.368 e. The van der Waals surface area contributed by atoms with Crippen molar-refractivity contribution in [1.29, 1.82) is 0 Å². The van der Waals surface area contributed by atoms with Gasteiger partial charge in [-0.1, -0.05) is 18.2 Å². The van der Waals surface area contributed by atoms with Gasteiger partial charge in [-0.25, -0.2) is 14.6 Å². The normalized spacial score (nSPS) is 10.9. The van der Waals surface area contributed by atoms with Crippen LogP contribution in [0.3, 0.4) is 0 Å². The van der Waals surface area contributed by atoms with Crippen molar-refractivity contribution < 1.29 is 0 Å². The number of nitrogens with one attached hydrogen (secondary N) is 1. The van der Waals surface area contributed by atoms with Gasteiger partial charge in [-0.3, -0.25) is 9.78 Å². The number of aryl methyl sites for hydroxylation is 1. The topological polar surface area (TPSA) is 85.6 Å². The summed E-state index contributed by atoms with van der Waals surface area (Å²) in [5.41, 5.74) is 1.62. The highest BCUT2D eigenvalue weighted by Crippen LogP contribution is 2.16. The van der Waals surface area contributed by atoms with E-state index in [4.69, 9.17) is 0 Å². The van der Waals surface area contributed by atoms with Crippen LogP contribution in [0, 0.1) is 6.92 Å². The van der Waals surface area contributed by atoms with Crippen LogP contribution in [0.4, 0.5) is 5.82 Å². The second kappa shape index (κ2) is 7.33. The molecule has 134 valence electrons. The molecular weight excluding hydrogens is 340 g/mol. The molecule has 0 aliphatic carbocycles. The number of rotatable bonds is 5. The van der Waals surface area contributed by atoms with Gasteiger partial charge in [-0.05, 0) is 25.1 Å². The van der Waals surface area contributed by atoms with Crippen LogP contribution in [0.15, 0.2) is 65.8 Å². The molecule has 0 amide bonds. The van der Waals surface area contributed by atoms with Crippen molar-refractivity contribution in [2.75, 3.05) is 11.9 Å². The van der Waals surface area contributed by atoms with Gasteiger partial charge < -0.3 is 5.32 Å². The summed E-state index contributed by atoms with van der Waals surface area (Å²) in [6.07, 6.45) is 5.16. The summed E-state index contributed by atoms with van der Waals surface area (Å²) in [6, 6.07) is 13.1. The molecule has 0 aliphatic rings. The lowest BCUT2D eigenvalue weighted by Gasteiger charge is -2.10. The third-order valence-electron chi connectivity index (χ3n) is 4.17. The Labute approximate surface area is 155 Å². The zero-order valence-corrected chi connectivity index (χ0v) is 14.8. The van der Waals surface area contributed by atoms with E-state index in [2.05, 4.69) is 25.4 Å². The van der Waals surface area contributed by atoms with E-state index < -0.39 is 0 Å². The van der Waals surface area contributed by atoms with Gasteiger partial charge in [0.15, 0.2) is 5.82 Å². The Morgan fingerprint density at radius 3 is 2.81 bits per heavy atom. The molecule has 7 nitrogen and oxygen atoms in total. The Bertz CT molecular complexity index is 1140. The van der Waals surface area contributed by atoms with Crippen LogP contribution in [-0.2, 0) is 6.54 Å². The summed E-state index contributed by atoms with van der Waals surface area (Å²) in [7, 11) is 0. The molecule has 1 N–H and O–H groups in total. The molecular formula is C20H18N6O. The van der Waals surface area contributed by atoms with Crippen LogP contribution in [0.25, 0.3) is 22.2 Å². The molecule has 0 unspecified atom stereocenters. The Morgan fingerprint density at radius 1 is 1.07 bits per heavy atom. The SMILES string of the molecule is Cc1cc(NCCn2ncc3ccccc3c2=O)nc(-c2cccnc2)n1. The fraction of sp³-hybridized carbons (Fsp3) is 0.150. The van der Waals surface area contributed by atoms with Crippen molar-refractivity contribution in [2.24, 2.45) is 0 Å². The highest BCUT2D eigenvalue weighted by molar-refractivity contribution is 5.80. The predicted octanol–water partition coefficient (Wildman–Crippen LogP) is 2.67. The molecule has 0 atom stereocenters. The van der Waals surface area contributed by atoms with E-state index in [0.29, 0.717) is 30.1 Å². The first kappa shape index (κ1) is 16.8. The Hall–Kier alpha value is -3.61. The number of pyridine rings is 1. The standard InChI is InChI=1S/C20H18N6O/c1-14-11-18(25-19(24-14)16-6-4-8-21-12-16)22-9-10-26-20(27)17-7-3-2-5-15(17)13-23-26/h2-8,11-13H,9-10H2,1H3,(H,22,24,25). The molecule has 3 heterocycles. The third kappa shape index (κ3) is 3.67. The van der Waals surface area contributed by atoms with Gasteiger partial charge in [-0.2, -0.15) is 5.10 Å². The van der Waals surface area contributed by atoms with Crippen molar-refractivity contribution in [3.63, 3.8) is 0 Å². The number of fused-ring (bicyclic) bond motifs is 1. The zero-order valence-electron chi connectivity index (χ0n) is 14.8. The van der Waals surface area contributed by atoms with Crippen LogP contribution in [-0.4, -0.2) is 31.3 Å². The molecule has 0 spiro atoms. The molecule has 4 rings (SSSR count). The van der Waals surface area contributed by atoms with Crippen LogP contribution in [0.2, 0.25) is 0 Å².